The lowest BCUT2D eigenvalue weighted by atomic mass is 9.89. The zero-order valence-electron chi connectivity index (χ0n) is 18.7. The van der Waals surface area contributed by atoms with Gasteiger partial charge in [-0.1, -0.05) is 55.7 Å². The van der Waals surface area contributed by atoms with Crippen LogP contribution >= 0.6 is 0 Å². The molecule has 0 aliphatic heterocycles. The Balaban J connectivity index is 2.69. The maximum atomic E-state index is 12.0. The molecule has 0 saturated carbocycles. The van der Waals surface area contributed by atoms with Crippen LogP contribution in [0.25, 0.3) is 16.7 Å². The number of carbonyl (C=O) groups excluding carboxylic acids is 1. The van der Waals surface area contributed by atoms with Crippen molar-refractivity contribution in [2.24, 2.45) is 0 Å². The number of phenols is 2. The van der Waals surface area contributed by atoms with Gasteiger partial charge in [-0.05, 0) is 49.4 Å². The summed E-state index contributed by atoms with van der Waals surface area (Å²) >= 11 is 0. The molecule has 0 spiro atoms. The number of methoxy groups -OCH3 is 1. The van der Waals surface area contributed by atoms with E-state index in [9.17, 15) is 15.0 Å². The Hall–Kier alpha value is -2.95. The van der Waals surface area contributed by atoms with Crippen molar-refractivity contribution < 1.29 is 19.7 Å². The van der Waals surface area contributed by atoms with Gasteiger partial charge in [0.1, 0.15) is 11.5 Å². The van der Waals surface area contributed by atoms with Crippen LogP contribution in [0.1, 0.15) is 55.4 Å². The number of allylic oxidation sites excluding steroid dienone is 1. The number of benzene rings is 2. The van der Waals surface area contributed by atoms with Crippen LogP contribution in [0.3, 0.4) is 0 Å². The second kappa shape index (κ2) is 10.2. The molecule has 30 heavy (non-hydrogen) atoms. The number of unbranched alkanes of at least 4 members (excludes halogenated alkanes) is 2. The SMILES string of the molecule is C=C(C)c1ccc(C)cc1-c1c(O)cc(CCCCC)c(CN(C)C(=O)OC)c1O. The predicted octanol–water partition coefficient (Wildman–Crippen LogP) is 6.04. The smallest absolute Gasteiger partial charge is 0.409 e. The fourth-order valence-corrected chi connectivity index (χ4v) is 3.67. The van der Waals surface area contributed by atoms with Gasteiger partial charge in [0.15, 0.2) is 0 Å². The minimum Gasteiger partial charge on any atom is -0.507 e. The second-order valence-corrected chi connectivity index (χ2v) is 7.87. The van der Waals surface area contributed by atoms with Crippen LogP contribution in [0.2, 0.25) is 0 Å². The van der Waals surface area contributed by atoms with Gasteiger partial charge in [0, 0.05) is 12.6 Å². The van der Waals surface area contributed by atoms with Gasteiger partial charge in [0.2, 0.25) is 0 Å². The number of carbonyl (C=O) groups is 1. The molecule has 0 aliphatic carbocycles. The van der Waals surface area contributed by atoms with Gasteiger partial charge in [0.25, 0.3) is 0 Å². The fraction of sp³-hybridized carbons (Fsp3) is 0.400. The number of amides is 1. The van der Waals surface area contributed by atoms with Crippen molar-refractivity contribution in [3.63, 3.8) is 0 Å². The molecule has 2 rings (SSSR count). The Morgan fingerprint density at radius 1 is 1.20 bits per heavy atom. The van der Waals surface area contributed by atoms with E-state index in [4.69, 9.17) is 4.74 Å². The van der Waals surface area contributed by atoms with Gasteiger partial charge in [-0.2, -0.15) is 0 Å². The Labute approximate surface area is 179 Å². The molecule has 0 unspecified atom stereocenters. The zero-order chi connectivity index (χ0) is 22.4. The Kier molecular flexibility index (Phi) is 7.93. The fourth-order valence-electron chi connectivity index (χ4n) is 3.67. The lowest BCUT2D eigenvalue weighted by molar-refractivity contribution is 0.131. The molecule has 0 aliphatic rings. The number of hydrogen-bond acceptors (Lipinski definition) is 4. The third kappa shape index (κ3) is 5.15. The molecule has 0 saturated heterocycles. The van der Waals surface area contributed by atoms with Crippen molar-refractivity contribution in [3.8, 4) is 22.6 Å². The van der Waals surface area contributed by atoms with Gasteiger partial charge in [-0.25, -0.2) is 4.79 Å². The van der Waals surface area contributed by atoms with E-state index >= 15 is 0 Å². The second-order valence-electron chi connectivity index (χ2n) is 7.87. The topological polar surface area (TPSA) is 70.0 Å². The lowest BCUT2D eigenvalue weighted by Crippen LogP contribution is -2.26. The number of ether oxygens (including phenoxy) is 1. The zero-order valence-corrected chi connectivity index (χ0v) is 18.7. The first-order valence-electron chi connectivity index (χ1n) is 10.3. The highest BCUT2D eigenvalue weighted by Crippen LogP contribution is 2.45. The summed E-state index contributed by atoms with van der Waals surface area (Å²) in [5.74, 6) is 0.0157. The normalized spacial score (nSPS) is 10.7. The van der Waals surface area contributed by atoms with Crippen LogP contribution < -0.4 is 0 Å². The highest BCUT2D eigenvalue weighted by Gasteiger charge is 2.23. The quantitative estimate of drug-likeness (QED) is 0.520. The Bertz CT molecular complexity index is 933. The van der Waals surface area contributed by atoms with E-state index in [0.717, 1.165) is 47.1 Å². The summed E-state index contributed by atoms with van der Waals surface area (Å²) < 4.78 is 4.81. The van der Waals surface area contributed by atoms with E-state index in [-0.39, 0.29) is 18.0 Å². The molecule has 5 heteroatoms. The lowest BCUT2D eigenvalue weighted by Gasteiger charge is -2.22. The number of hydrogen-bond donors (Lipinski definition) is 2. The highest BCUT2D eigenvalue weighted by atomic mass is 16.5. The molecular weight excluding hydrogens is 378 g/mol. The summed E-state index contributed by atoms with van der Waals surface area (Å²) in [5.41, 5.74) is 5.25. The largest absolute Gasteiger partial charge is 0.507 e. The minimum absolute atomic E-state index is 0.00893. The van der Waals surface area contributed by atoms with Crippen LogP contribution in [0.15, 0.2) is 30.8 Å². The molecule has 2 N–H and O–H groups in total. The molecule has 1 amide bonds. The Morgan fingerprint density at radius 3 is 2.50 bits per heavy atom. The molecule has 0 radical (unpaired) electrons. The van der Waals surface area contributed by atoms with E-state index in [1.54, 1.807) is 13.1 Å². The monoisotopic (exact) mass is 411 g/mol. The summed E-state index contributed by atoms with van der Waals surface area (Å²) in [5, 5.41) is 22.2. The van der Waals surface area contributed by atoms with Gasteiger partial charge in [0.05, 0.1) is 19.2 Å². The highest BCUT2D eigenvalue weighted by molar-refractivity contribution is 5.87. The first-order chi connectivity index (χ1) is 14.2. The van der Waals surface area contributed by atoms with Crippen molar-refractivity contribution in [2.45, 2.75) is 53.0 Å². The van der Waals surface area contributed by atoms with Crippen LogP contribution in [-0.4, -0.2) is 35.4 Å². The summed E-state index contributed by atoms with van der Waals surface area (Å²) in [7, 11) is 2.95. The molecule has 0 atom stereocenters. The Morgan fingerprint density at radius 2 is 1.90 bits per heavy atom. The van der Waals surface area contributed by atoms with E-state index < -0.39 is 6.09 Å². The number of nitrogens with zero attached hydrogens (tertiary/aromatic N) is 1. The van der Waals surface area contributed by atoms with Crippen molar-refractivity contribution in [3.05, 3.63) is 53.1 Å². The molecule has 2 aromatic carbocycles. The third-order valence-electron chi connectivity index (χ3n) is 5.31. The van der Waals surface area contributed by atoms with Crippen LogP contribution in [0.4, 0.5) is 4.79 Å². The van der Waals surface area contributed by atoms with E-state index in [1.165, 1.54) is 12.0 Å². The number of phenolic OH excluding ortho intramolecular Hbond substituents is 2. The van der Waals surface area contributed by atoms with Gasteiger partial charge in [-0.3, -0.25) is 0 Å². The van der Waals surface area contributed by atoms with Crippen LogP contribution in [-0.2, 0) is 17.7 Å². The van der Waals surface area contributed by atoms with E-state index in [1.807, 2.05) is 32.0 Å². The molecule has 0 fully saturated rings. The number of aryl methyl sites for hydroxylation is 2. The molecular formula is C25H33NO4. The van der Waals surface area contributed by atoms with E-state index in [0.29, 0.717) is 17.5 Å². The average Bonchev–Trinajstić information content (AvgIpc) is 2.69. The van der Waals surface area contributed by atoms with Crippen molar-refractivity contribution >= 4 is 11.7 Å². The standard InChI is InChI=1S/C25H33NO4/c1-7-8-9-10-18-14-22(27)23(20-13-17(4)11-12-19(20)16(2)3)24(28)21(18)15-26(5)25(29)30-6/h11-14,27-28H,2,7-10,15H2,1,3-6H3. The number of aromatic hydroxyl groups is 2. The van der Waals surface area contributed by atoms with Crippen molar-refractivity contribution in [1.29, 1.82) is 0 Å². The third-order valence-corrected chi connectivity index (χ3v) is 5.31. The van der Waals surface area contributed by atoms with Gasteiger partial charge >= 0.3 is 6.09 Å². The summed E-state index contributed by atoms with van der Waals surface area (Å²) in [4.78, 5) is 13.4. The molecule has 2 aromatic rings. The average molecular weight is 412 g/mol. The summed E-state index contributed by atoms with van der Waals surface area (Å²) in [6, 6.07) is 7.58. The van der Waals surface area contributed by atoms with Crippen LogP contribution in [0, 0.1) is 6.92 Å². The van der Waals surface area contributed by atoms with Crippen LogP contribution in [0.5, 0.6) is 11.5 Å². The molecule has 5 nitrogen and oxygen atoms in total. The first-order valence-corrected chi connectivity index (χ1v) is 10.3. The predicted molar refractivity (Wildman–Crippen MR) is 122 cm³/mol. The van der Waals surface area contributed by atoms with Crippen molar-refractivity contribution in [2.75, 3.05) is 14.2 Å². The van der Waals surface area contributed by atoms with Gasteiger partial charge in [-0.15, -0.1) is 0 Å². The summed E-state index contributed by atoms with van der Waals surface area (Å²) in [6.45, 7) is 10.2. The molecule has 0 heterocycles. The molecule has 0 aromatic heterocycles. The molecule has 0 bridgehead atoms. The van der Waals surface area contributed by atoms with Gasteiger partial charge < -0.3 is 19.8 Å². The molecule has 162 valence electrons. The summed E-state index contributed by atoms with van der Waals surface area (Å²) in [6.07, 6.45) is 3.28. The first kappa shape index (κ1) is 23.3. The minimum atomic E-state index is -0.485. The van der Waals surface area contributed by atoms with E-state index in [2.05, 4.69) is 13.5 Å². The van der Waals surface area contributed by atoms with Crippen molar-refractivity contribution in [1.82, 2.24) is 4.90 Å². The maximum absolute atomic E-state index is 12.0. The number of rotatable bonds is 8. The maximum Gasteiger partial charge on any atom is 0.409 e.